The van der Waals surface area contributed by atoms with Gasteiger partial charge >= 0.3 is 0 Å². The molecule has 0 saturated carbocycles. The van der Waals surface area contributed by atoms with E-state index in [9.17, 15) is 29.4 Å². The molecule has 0 unspecified atom stereocenters. The molecule has 0 N–H and O–H groups in total. The highest BCUT2D eigenvalue weighted by Crippen LogP contribution is 2.67. The average molecular weight is 324 g/mol. The van der Waals surface area contributed by atoms with Gasteiger partial charge in [0, 0.05) is 0 Å². The fourth-order valence-electron chi connectivity index (χ4n) is 1.27. The maximum absolute atomic E-state index is 11.3. The van der Waals surface area contributed by atoms with Crippen LogP contribution >= 0.6 is 15.9 Å². The molecule has 20 heavy (non-hydrogen) atoms. The largest absolute Gasteiger partial charge is 0.683 e. The number of hydrogen-bond donors (Lipinski definition) is 0. The first-order valence-electron chi connectivity index (χ1n) is 5.78. The maximum Gasteiger partial charge on any atom is 0.246 e. The Bertz CT molecular complexity index is 357. The molecule has 0 bridgehead atoms. The fraction of sp³-hybridized carbons (Fsp3) is 0.636. The average Bonchev–Trinajstić information content (AvgIpc) is 2.18. The summed E-state index contributed by atoms with van der Waals surface area (Å²) in [5.74, 6) is 0. The van der Waals surface area contributed by atoms with E-state index in [-0.39, 0.29) is 0 Å². The molecule has 0 aromatic rings. The van der Waals surface area contributed by atoms with E-state index < -0.39 is 34.0 Å². The van der Waals surface area contributed by atoms with Crippen LogP contribution in [0.3, 0.4) is 0 Å². The lowest BCUT2D eigenvalue weighted by molar-refractivity contribution is -0.465. The molecule has 9 heteroatoms. The molecule has 7 nitrogen and oxygen atoms in total. The normalized spacial score (nSPS) is 13.1. The molecule has 0 aliphatic rings. The Hall–Kier alpha value is 0.0600. The van der Waals surface area contributed by atoms with E-state index in [4.69, 9.17) is 4.74 Å². The van der Waals surface area contributed by atoms with Crippen molar-refractivity contribution in [1.29, 1.82) is 0 Å². The van der Waals surface area contributed by atoms with E-state index in [1.165, 1.54) is 12.2 Å². The van der Waals surface area contributed by atoms with Crippen LogP contribution in [0.5, 0.6) is 0 Å². The van der Waals surface area contributed by atoms with Gasteiger partial charge in [0.05, 0.1) is 13.0 Å². The summed E-state index contributed by atoms with van der Waals surface area (Å²) in [4.78, 5) is 67.9. The molecule has 0 aliphatic heterocycles. The zero-order chi connectivity index (χ0) is 16.2. The Morgan fingerprint density at radius 1 is 0.850 bits per heavy atom. The van der Waals surface area contributed by atoms with Crippen LogP contribution in [-0.2, 0) is 4.74 Å². The van der Waals surface area contributed by atoms with Crippen LogP contribution in [0.25, 0.3) is 0 Å². The first kappa shape index (κ1) is 20.1. The van der Waals surface area contributed by atoms with Gasteiger partial charge in [-0.3, -0.25) is 0 Å². The predicted molar refractivity (Wildman–Crippen MR) is 66.0 cm³/mol. The molecular weight excluding hydrogens is 306 g/mol. The second kappa shape index (κ2) is 7.36. The van der Waals surface area contributed by atoms with Crippen molar-refractivity contribution in [1.82, 2.24) is 0 Å². The van der Waals surface area contributed by atoms with Gasteiger partial charge in [0.25, 0.3) is 0 Å². The summed E-state index contributed by atoms with van der Waals surface area (Å²) in [7, 11) is -11.7. The number of allylic oxidation sites excluding steroid dienone is 2. The zero-order valence-electron chi connectivity index (χ0n) is 11.8. The van der Waals surface area contributed by atoms with Gasteiger partial charge in [0.1, 0.15) is 0 Å². The quantitative estimate of drug-likeness (QED) is 0.376. The van der Waals surface area contributed by atoms with Crippen molar-refractivity contribution in [2.75, 3.05) is 6.61 Å². The summed E-state index contributed by atoms with van der Waals surface area (Å²) in [6.45, 7) is 6.03. The molecule has 0 amide bonds. The van der Waals surface area contributed by atoms with Gasteiger partial charge in [-0.1, -0.05) is 39.2 Å². The van der Waals surface area contributed by atoms with Crippen molar-refractivity contribution in [3.8, 4) is 0 Å². The van der Waals surface area contributed by atoms with E-state index >= 15 is 0 Å². The van der Waals surface area contributed by atoms with Crippen LogP contribution in [0.4, 0.5) is 0 Å². The van der Waals surface area contributed by atoms with Gasteiger partial charge in [-0.05, 0) is 27.7 Å². The van der Waals surface area contributed by atoms with Crippen LogP contribution in [0.15, 0.2) is 23.3 Å². The fourth-order valence-corrected chi connectivity index (χ4v) is 3.56. The van der Waals surface area contributed by atoms with Crippen LogP contribution in [0, 0.1) is 0 Å². The molecule has 118 valence electrons. The first-order chi connectivity index (χ1) is 8.83. The Kier molecular flexibility index (Phi) is 7.38. The highest BCUT2D eigenvalue weighted by atomic mass is 31.3. The summed E-state index contributed by atoms with van der Waals surface area (Å²) >= 11 is 0. The third-order valence-corrected chi connectivity index (χ3v) is 6.24. The summed E-state index contributed by atoms with van der Waals surface area (Å²) in [5.41, 5.74) is 1.28. The second-order valence-corrected chi connectivity index (χ2v) is 8.60. The Morgan fingerprint density at radius 3 is 1.55 bits per heavy atom. The van der Waals surface area contributed by atoms with Gasteiger partial charge in [-0.2, -0.15) is 0 Å². The van der Waals surface area contributed by atoms with Gasteiger partial charge < -0.3 is 34.1 Å². The Labute approximate surface area is 120 Å². The predicted octanol–water partition coefficient (Wildman–Crippen LogP) is -2.33. The topological polar surface area (TPSA) is 148 Å². The Balaban J connectivity index is 5.58. The van der Waals surface area contributed by atoms with Crippen molar-refractivity contribution >= 4 is 15.9 Å². The van der Waals surface area contributed by atoms with E-state index in [1.807, 2.05) is 0 Å². The standard InChI is InChI=1S/C11H22O7P2/c1-9(2)5-7-11(19(12,13)14,20(15,16)17)18-8-6-10(3)4/h5-6H,7-8H2,1-4H3,(H2,12,13,14)(H2,15,16,17)/p-4. The van der Waals surface area contributed by atoms with Crippen molar-refractivity contribution < 1.29 is 34.1 Å². The summed E-state index contributed by atoms with van der Waals surface area (Å²) < 4.78 is 4.72. The van der Waals surface area contributed by atoms with Crippen molar-refractivity contribution in [2.24, 2.45) is 0 Å². The summed E-state index contributed by atoms with van der Waals surface area (Å²) in [5, 5.41) is -3.29. The SMILES string of the molecule is CC(C)=CCOC(CC=C(C)C)([P+]([O-])([O-])[O-])[P+]([O-])([O-])[O-]. The minimum atomic E-state index is -5.83. The van der Waals surface area contributed by atoms with Crippen LogP contribution in [0.2, 0.25) is 0 Å². The molecule has 0 fully saturated rings. The molecule has 0 radical (unpaired) electrons. The summed E-state index contributed by atoms with van der Waals surface area (Å²) in [6, 6.07) is 0. The van der Waals surface area contributed by atoms with E-state index in [0.717, 1.165) is 5.57 Å². The summed E-state index contributed by atoms with van der Waals surface area (Å²) in [6.07, 6.45) is 1.73. The molecule has 0 spiro atoms. The smallest absolute Gasteiger partial charge is 0.246 e. The molecule has 0 atom stereocenters. The highest BCUT2D eigenvalue weighted by molar-refractivity contribution is 7.74. The van der Waals surface area contributed by atoms with Crippen LogP contribution in [0.1, 0.15) is 34.1 Å². The van der Waals surface area contributed by atoms with Crippen LogP contribution < -0.4 is 29.4 Å². The minimum absolute atomic E-state index is 0.456. The third kappa shape index (κ3) is 5.45. The van der Waals surface area contributed by atoms with Crippen LogP contribution in [-0.4, -0.2) is 11.7 Å². The molecule has 0 aromatic carbocycles. The molecule has 0 rings (SSSR count). The number of rotatable bonds is 7. The number of ether oxygens (including phenoxy) is 1. The molecule has 0 aromatic heterocycles. The number of hydrogen-bond acceptors (Lipinski definition) is 7. The zero-order valence-corrected chi connectivity index (χ0v) is 13.6. The van der Waals surface area contributed by atoms with Crippen molar-refractivity contribution in [3.05, 3.63) is 23.3 Å². The lowest BCUT2D eigenvalue weighted by Crippen LogP contribution is -2.60. The van der Waals surface area contributed by atoms with Crippen molar-refractivity contribution in [2.45, 2.75) is 39.2 Å². The molecular formula is C11H18O7P2-4. The van der Waals surface area contributed by atoms with Gasteiger partial charge in [0.15, 0.2) is 0 Å². The highest BCUT2D eigenvalue weighted by Gasteiger charge is 2.47. The lowest BCUT2D eigenvalue weighted by Gasteiger charge is -2.65. The van der Waals surface area contributed by atoms with Gasteiger partial charge in [-0.25, -0.2) is 0 Å². The third-order valence-electron chi connectivity index (χ3n) is 2.44. The lowest BCUT2D eigenvalue weighted by atomic mass is 10.3. The van der Waals surface area contributed by atoms with E-state index in [1.54, 1.807) is 27.7 Å². The van der Waals surface area contributed by atoms with E-state index in [2.05, 4.69) is 0 Å². The molecule has 0 aliphatic carbocycles. The minimum Gasteiger partial charge on any atom is -0.683 e. The van der Waals surface area contributed by atoms with Gasteiger partial charge in [-0.15, -0.1) is 0 Å². The first-order valence-corrected chi connectivity index (χ1v) is 8.87. The van der Waals surface area contributed by atoms with E-state index in [0.29, 0.717) is 5.57 Å². The van der Waals surface area contributed by atoms with Gasteiger partial charge in [0.2, 0.25) is 5.08 Å². The second-order valence-electron chi connectivity index (χ2n) is 4.82. The molecule has 0 saturated heterocycles. The Morgan fingerprint density at radius 2 is 1.25 bits per heavy atom. The molecule has 0 heterocycles. The maximum atomic E-state index is 11.3. The van der Waals surface area contributed by atoms with Crippen molar-refractivity contribution in [3.63, 3.8) is 0 Å². The monoisotopic (exact) mass is 324 g/mol.